The van der Waals surface area contributed by atoms with E-state index < -0.39 is 17.2 Å². The number of rotatable bonds is 2. The molecule has 106 valence electrons. The number of hydrogen-bond acceptors (Lipinski definition) is 3. The number of benzene rings is 2. The highest BCUT2D eigenvalue weighted by Crippen LogP contribution is 2.18. The highest BCUT2D eigenvalue weighted by Gasteiger charge is 2.08. The lowest BCUT2D eigenvalue weighted by Gasteiger charge is -2.11. The number of phenolic OH excluding ortho intramolecular Hbond substituents is 1. The van der Waals surface area contributed by atoms with Crippen LogP contribution in [0.1, 0.15) is 5.56 Å². The van der Waals surface area contributed by atoms with Gasteiger partial charge < -0.3 is 9.67 Å². The Morgan fingerprint density at radius 1 is 1.14 bits per heavy atom. The van der Waals surface area contributed by atoms with Gasteiger partial charge in [0, 0.05) is 11.6 Å². The molecule has 0 amide bonds. The summed E-state index contributed by atoms with van der Waals surface area (Å²) in [4.78, 5) is 15.4. The van der Waals surface area contributed by atoms with Gasteiger partial charge >= 0.3 is 0 Å². The number of halogens is 2. The van der Waals surface area contributed by atoms with Gasteiger partial charge in [-0.3, -0.25) is 4.79 Å². The van der Waals surface area contributed by atoms with Crippen molar-refractivity contribution in [3.05, 3.63) is 70.3 Å². The average Bonchev–Trinajstić information content (AvgIpc) is 2.45. The van der Waals surface area contributed by atoms with Gasteiger partial charge in [-0.2, -0.15) is 4.98 Å². The molecule has 0 aliphatic carbocycles. The fourth-order valence-corrected chi connectivity index (χ4v) is 2.16. The van der Waals surface area contributed by atoms with Gasteiger partial charge in [-0.25, -0.2) is 8.78 Å². The maximum absolute atomic E-state index is 13.7. The van der Waals surface area contributed by atoms with E-state index in [1.54, 1.807) is 10.6 Å². The lowest BCUT2D eigenvalue weighted by atomic mass is 10.2. The predicted octanol–water partition coefficient (Wildman–Crippen LogP) is 2.43. The molecule has 0 aliphatic rings. The largest absolute Gasteiger partial charge is 0.508 e. The van der Waals surface area contributed by atoms with Gasteiger partial charge in [-0.15, -0.1) is 0 Å². The van der Waals surface area contributed by atoms with Crippen LogP contribution in [0.5, 0.6) is 5.75 Å². The lowest BCUT2D eigenvalue weighted by molar-refractivity contribution is 0.476. The molecule has 21 heavy (non-hydrogen) atoms. The molecule has 0 fully saturated rings. The Bertz CT molecular complexity index is 890. The number of hydrogen-bond donors (Lipinski definition) is 1. The van der Waals surface area contributed by atoms with Crippen molar-refractivity contribution in [1.82, 2.24) is 9.55 Å². The molecule has 1 aromatic heterocycles. The first-order chi connectivity index (χ1) is 10.0. The topological polar surface area (TPSA) is 55.1 Å². The summed E-state index contributed by atoms with van der Waals surface area (Å²) < 4.78 is 28.2. The van der Waals surface area contributed by atoms with Crippen LogP contribution in [0.4, 0.5) is 8.78 Å². The molecule has 0 atom stereocenters. The fourth-order valence-electron chi connectivity index (χ4n) is 2.16. The molecule has 6 heteroatoms. The van der Waals surface area contributed by atoms with Crippen molar-refractivity contribution in [2.24, 2.45) is 0 Å². The second kappa shape index (κ2) is 4.97. The summed E-state index contributed by atoms with van der Waals surface area (Å²) in [6, 6.07) is 7.60. The van der Waals surface area contributed by atoms with E-state index in [1.165, 1.54) is 30.6 Å². The Morgan fingerprint density at radius 3 is 2.71 bits per heavy atom. The van der Waals surface area contributed by atoms with E-state index in [1.807, 2.05) is 0 Å². The molecular formula is C15H10F2N2O2. The number of aromatic nitrogens is 2. The van der Waals surface area contributed by atoms with Crippen molar-refractivity contribution in [1.29, 1.82) is 0 Å². The van der Waals surface area contributed by atoms with Gasteiger partial charge in [0.15, 0.2) is 0 Å². The summed E-state index contributed by atoms with van der Waals surface area (Å²) in [6.45, 7) is 0.0979. The second-order valence-corrected chi connectivity index (χ2v) is 4.61. The fraction of sp³-hybridized carbons (Fsp3) is 0.0667. The first-order valence-corrected chi connectivity index (χ1v) is 6.17. The molecule has 3 rings (SSSR count). The summed E-state index contributed by atoms with van der Waals surface area (Å²) in [5, 5.41) is 9.67. The van der Waals surface area contributed by atoms with Crippen LogP contribution < -0.4 is 5.56 Å². The zero-order valence-corrected chi connectivity index (χ0v) is 10.8. The normalized spacial score (nSPS) is 11.0. The predicted molar refractivity (Wildman–Crippen MR) is 73.1 cm³/mol. The zero-order valence-electron chi connectivity index (χ0n) is 10.8. The van der Waals surface area contributed by atoms with Gasteiger partial charge in [0.25, 0.3) is 5.56 Å². The van der Waals surface area contributed by atoms with E-state index in [2.05, 4.69) is 4.98 Å². The van der Waals surface area contributed by atoms with E-state index in [0.717, 1.165) is 6.07 Å². The first kappa shape index (κ1) is 13.2. The monoisotopic (exact) mass is 288 g/mol. The van der Waals surface area contributed by atoms with Crippen LogP contribution in [0.3, 0.4) is 0 Å². The highest BCUT2D eigenvalue weighted by atomic mass is 19.1. The van der Waals surface area contributed by atoms with E-state index >= 15 is 0 Å². The van der Waals surface area contributed by atoms with Crippen LogP contribution >= 0.6 is 0 Å². The Hall–Kier alpha value is -2.76. The van der Waals surface area contributed by atoms with E-state index in [-0.39, 0.29) is 23.2 Å². The molecule has 3 aromatic rings. The molecule has 0 unspecified atom stereocenters. The number of nitrogens with zero attached hydrogens (tertiary/aromatic N) is 2. The summed E-state index contributed by atoms with van der Waals surface area (Å²) >= 11 is 0. The molecule has 1 heterocycles. The van der Waals surface area contributed by atoms with E-state index in [4.69, 9.17) is 0 Å². The van der Waals surface area contributed by atoms with Crippen molar-refractivity contribution in [3.8, 4) is 5.75 Å². The van der Waals surface area contributed by atoms with Gasteiger partial charge in [-0.05, 0) is 24.3 Å². The second-order valence-electron chi connectivity index (χ2n) is 4.61. The van der Waals surface area contributed by atoms with Crippen LogP contribution in [0, 0.1) is 11.6 Å². The summed E-state index contributed by atoms with van der Waals surface area (Å²) in [6.07, 6.45) is 1.30. The van der Waals surface area contributed by atoms with Crippen molar-refractivity contribution < 1.29 is 13.9 Å². The Labute approximate surface area is 117 Å². The SMILES string of the molecule is O=c1ncn(Cc2ccc(F)cc2F)c2ccc(O)cc12. The Balaban J connectivity index is 2.13. The van der Waals surface area contributed by atoms with Gasteiger partial charge in [0.1, 0.15) is 17.4 Å². The van der Waals surface area contributed by atoms with Crippen LogP contribution in [0.15, 0.2) is 47.5 Å². The van der Waals surface area contributed by atoms with E-state index in [9.17, 15) is 18.7 Å². The highest BCUT2D eigenvalue weighted by molar-refractivity contribution is 5.79. The molecule has 0 bridgehead atoms. The Morgan fingerprint density at radius 2 is 1.95 bits per heavy atom. The summed E-state index contributed by atoms with van der Waals surface area (Å²) in [7, 11) is 0. The standard InChI is InChI=1S/C15H10F2N2O2/c16-10-2-1-9(13(17)5-10)7-19-8-18-15(21)12-6-11(20)3-4-14(12)19/h1-6,8,20H,7H2. The third-order valence-corrected chi connectivity index (χ3v) is 3.19. The number of aromatic hydroxyl groups is 1. The minimum Gasteiger partial charge on any atom is -0.508 e. The number of phenols is 1. The van der Waals surface area contributed by atoms with Crippen LogP contribution in [0.25, 0.3) is 10.9 Å². The Kier molecular flexibility index (Phi) is 3.13. The summed E-state index contributed by atoms with van der Waals surface area (Å²) in [5.74, 6) is -1.36. The molecule has 0 aliphatic heterocycles. The van der Waals surface area contributed by atoms with Crippen molar-refractivity contribution in [3.63, 3.8) is 0 Å². The molecule has 4 nitrogen and oxygen atoms in total. The molecule has 0 saturated carbocycles. The number of fused-ring (bicyclic) bond motifs is 1. The average molecular weight is 288 g/mol. The van der Waals surface area contributed by atoms with Crippen LogP contribution in [-0.2, 0) is 6.54 Å². The molecule has 2 aromatic carbocycles. The smallest absolute Gasteiger partial charge is 0.280 e. The molecular weight excluding hydrogens is 278 g/mol. The zero-order chi connectivity index (χ0) is 15.0. The summed E-state index contributed by atoms with van der Waals surface area (Å²) in [5.41, 5.74) is 0.310. The van der Waals surface area contributed by atoms with Gasteiger partial charge in [0.2, 0.25) is 0 Å². The first-order valence-electron chi connectivity index (χ1n) is 6.17. The van der Waals surface area contributed by atoms with Crippen molar-refractivity contribution >= 4 is 10.9 Å². The lowest BCUT2D eigenvalue weighted by Crippen LogP contribution is -2.13. The quantitative estimate of drug-likeness (QED) is 0.788. The molecule has 0 spiro atoms. The van der Waals surface area contributed by atoms with Crippen molar-refractivity contribution in [2.45, 2.75) is 6.54 Å². The maximum Gasteiger partial charge on any atom is 0.280 e. The molecule has 0 radical (unpaired) electrons. The van der Waals surface area contributed by atoms with Crippen LogP contribution in [0.2, 0.25) is 0 Å². The molecule has 1 N–H and O–H groups in total. The third-order valence-electron chi connectivity index (χ3n) is 3.19. The molecule has 0 saturated heterocycles. The maximum atomic E-state index is 13.7. The van der Waals surface area contributed by atoms with Crippen molar-refractivity contribution in [2.75, 3.05) is 0 Å². The van der Waals surface area contributed by atoms with Crippen LogP contribution in [-0.4, -0.2) is 14.7 Å². The minimum atomic E-state index is -0.666. The van der Waals surface area contributed by atoms with Gasteiger partial charge in [0.05, 0.1) is 23.8 Å². The minimum absolute atomic E-state index is 0.0490. The third kappa shape index (κ3) is 2.47. The van der Waals surface area contributed by atoms with E-state index in [0.29, 0.717) is 5.52 Å². The van der Waals surface area contributed by atoms with Gasteiger partial charge in [-0.1, -0.05) is 6.07 Å².